The van der Waals surface area contributed by atoms with Crippen LogP contribution in [0.1, 0.15) is 33.6 Å². The van der Waals surface area contributed by atoms with Crippen molar-refractivity contribution in [2.45, 2.75) is 45.7 Å². The van der Waals surface area contributed by atoms with E-state index in [9.17, 15) is 0 Å². The average molecular weight is 228 g/mol. The van der Waals surface area contributed by atoms with E-state index >= 15 is 0 Å². The molecule has 1 N–H and O–H groups in total. The van der Waals surface area contributed by atoms with Crippen LogP contribution in [0.15, 0.2) is 0 Å². The summed E-state index contributed by atoms with van der Waals surface area (Å²) in [6.07, 6.45) is 2.43. The van der Waals surface area contributed by atoms with Crippen LogP contribution >= 0.6 is 0 Å². The van der Waals surface area contributed by atoms with Gasteiger partial charge in [0.15, 0.2) is 0 Å². The molecule has 3 heteroatoms. The van der Waals surface area contributed by atoms with Gasteiger partial charge in [-0.05, 0) is 32.2 Å². The van der Waals surface area contributed by atoms with Crippen molar-refractivity contribution >= 4 is 0 Å². The Morgan fingerprint density at radius 1 is 1.38 bits per heavy atom. The zero-order valence-corrected chi connectivity index (χ0v) is 11.3. The molecular weight excluding hydrogens is 200 g/mol. The molecule has 1 rings (SSSR count). The highest BCUT2D eigenvalue weighted by Crippen LogP contribution is 2.15. The first kappa shape index (κ1) is 13.9. The molecule has 0 aliphatic carbocycles. The summed E-state index contributed by atoms with van der Waals surface area (Å²) in [7, 11) is 1.78. The number of hydrogen-bond donors (Lipinski definition) is 1. The Labute approximate surface area is 101 Å². The normalized spacial score (nSPS) is 27.6. The maximum absolute atomic E-state index is 5.10. The maximum Gasteiger partial charge on any atom is 0.0462 e. The van der Waals surface area contributed by atoms with Gasteiger partial charge in [-0.1, -0.05) is 13.8 Å². The van der Waals surface area contributed by atoms with E-state index in [1.165, 1.54) is 25.9 Å². The Bertz CT molecular complexity index is 185. The molecule has 0 bridgehead atoms. The van der Waals surface area contributed by atoms with Crippen molar-refractivity contribution in [3.05, 3.63) is 0 Å². The molecule has 96 valence electrons. The number of rotatable bonds is 6. The van der Waals surface area contributed by atoms with Crippen LogP contribution in [0.4, 0.5) is 0 Å². The van der Waals surface area contributed by atoms with Crippen molar-refractivity contribution in [3.63, 3.8) is 0 Å². The standard InChI is InChI=1S/C13H28N2O/c1-11(2)13-9-14-12(3)10-15(13)7-5-6-8-16-4/h11-14H,5-10H2,1-4H3. The minimum atomic E-state index is 0.637. The number of nitrogens with one attached hydrogen (secondary N) is 1. The van der Waals surface area contributed by atoms with Gasteiger partial charge in [0.25, 0.3) is 0 Å². The van der Waals surface area contributed by atoms with Crippen LogP contribution < -0.4 is 5.32 Å². The largest absolute Gasteiger partial charge is 0.385 e. The minimum absolute atomic E-state index is 0.637. The van der Waals surface area contributed by atoms with E-state index in [2.05, 4.69) is 31.0 Å². The van der Waals surface area contributed by atoms with E-state index < -0.39 is 0 Å². The quantitative estimate of drug-likeness (QED) is 0.701. The lowest BCUT2D eigenvalue weighted by Gasteiger charge is -2.41. The van der Waals surface area contributed by atoms with Crippen molar-refractivity contribution in [1.82, 2.24) is 10.2 Å². The van der Waals surface area contributed by atoms with E-state index in [4.69, 9.17) is 4.74 Å². The monoisotopic (exact) mass is 228 g/mol. The molecule has 0 aromatic heterocycles. The second kappa shape index (κ2) is 7.25. The first-order valence-electron chi connectivity index (χ1n) is 6.61. The molecule has 2 atom stereocenters. The summed E-state index contributed by atoms with van der Waals surface area (Å²) >= 11 is 0. The number of methoxy groups -OCH3 is 1. The number of unbranched alkanes of at least 4 members (excludes halogenated alkanes) is 1. The Morgan fingerprint density at radius 3 is 2.75 bits per heavy atom. The second-order valence-electron chi connectivity index (χ2n) is 5.32. The number of piperazine rings is 1. The molecule has 3 nitrogen and oxygen atoms in total. The van der Waals surface area contributed by atoms with Crippen LogP contribution in [-0.2, 0) is 4.74 Å². The number of nitrogens with zero attached hydrogens (tertiary/aromatic N) is 1. The third-order valence-corrected chi connectivity index (χ3v) is 3.47. The smallest absolute Gasteiger partial charge is 0.0462 e. The van der Waals surface area contributed by atoms with E-state index in [-0.39, 0.29) is 0 Å². The lowest BCUT2D eigenvalue weighted by Crippen LogP contribution is -2.57. The van der Waals surface area contributed by atoms with Gasteiger partial charge in [0.2, 0.25) is 0 Å². The van der Waals surface area contributed by atoms with Crippen LogP contribution in [0.25, 0.3) is 0 Å². The third kappa shape index (κ3) is 4.40. The van der Waals surface area contributed by atoms with Crippen LogP contribution in [0.5, 0.6) is 0 Å². The molecule has 0 aromatic carbocycles. The summed E-state index contributed by atoms with van der Waals surface area (Å²) in [6.45, 7) is 11.4. The van der Waals surface area contributed by atoms with Gasteiger partial charge in [-0.25, -0.2) is 0 Å². The summed E-state index contributed by atoms with van der Waals surface area (Å²) < 4.78 is 5.10. The fraction of sp³-hybridized carbons (Fsp3) is 1.00. The molecule has 1 heterocycles. The SMILES string of the molecule is COCCCCN1CC(C)NCC1C(C)C. The van der Waals surface area contributed by atoms with Gasteiger partial charge in [0, 0.05) is 38.9 Å². The zero-order chi connectivity index (χ0) is 12.0. The third-order valence-electron chi connectivity index (χ3n) is 3.47. The first-order valence-corrected chi connectivity index (χ1v) is 6.61. The number of hydrogen-bond acceptors (Lipinski definition) is 3. The van der Waals surface area contributed by atoms with Gasteiger partial charge >= 0.3 is 0 Å². The second-order valence-corrected chi connectivity index (χ2v) is 5.32. The molecular formula is C13H28N2O. The summed E-state index contributed by atoms with van der Waals surface area (Å²) in [4.78, 5) is 2.65. The molecule has 1 aliphatic heterocycles. The first-order chi connectivity index (χ1) is 7.65. The van der Waals surface area contributed by atoms with Crippen molar-refractivity contribution in [2.24, 2.45) is 5.92 Å². The fourth-order valence-corrected chi connectivity index (χ4v) is 2.48. The predicted octanol–water partition coefficient (Wildman–Crippen LogP) is 1.73. The van der Waals surface area contributed by atoms with Crippen LogP contribution in [-0.4, -0.2) is 50.3 Å². The predicted molar refractivity (Wildman–Crippen MR) is 68.8 cm³/mol. The Hall–Kier alpha value is -0.120. The maximum atomic E-state index is 5.10. The Balaban J connectivity index is 2.33. The van der Waals surface area contributed by atoms with E-state index in [0.717, 1.165) is 19.1 Å². The molecule has 0 spiro atoms. The minimum Gasteiger partial charge on any atom is -0.385 e. The van der Waals surface area contributed by atoms with Gasteiger partial charge in [0.1, 0.15) is 0 Å². The van der Waals surface area contributed by atoms with Gasteiger partial charge < -0.3 is 10.1 Å². The summed E-state index contributed by atoms with van der Waals surface area (Å²) in [6, 6.07) is 1.34. The van der Waals surface area contributed by atoms with Crippen LogP contribution in [0.2, 0.25) is 0 Å². The van der Waals surface area contributed by atoms with Crippen molar-refractivity contribution in [1.29, 1.82) is 0 Å². The fourth-order valence-electron chi connectivity index (χ4n) is 2.48. The highest BCUT2D eigenvalue weighted by atomic mass is 16.5. The van der Waals surface area contributed by atoms with E-state index in [0.29, 0.717) is 12.1 Å². The molecule has 2 unspecified atom stereocenters. The van der Waals surface area contributed by atoms with E-state index in [1.54, 1.807) is 7.11 Å². The summed E-state index contributed by atoms with van der Waals surface area (Å²) in [5.74, 6) is 0.738. The van der Waals surface area contributed by atoms with Crippen molar-refractivity contribution in [3.8, 4) is 0 Å². The molecule has 0 amide bonds. The molecule has 0 radical (unpaired) electrons. The highest BCUT2D eigenvalue weighted by Gasteiger charge is 2.27. The Kier molecular flexibility index (Phi) is 6.32. The highest BCUT2D eigenvalue weighted by molar-refractivity contribution is 4.85. The van der Waals surface area contributed by atoms with Crippen molar-refractivity contribution < 1.29 is 4.74 Å². The molecule has 16 heavy (non-hydrogen) atoms. The van der Waals surface area contributed by atoms with Crippen LogP contribution in [0.3, 0.4) is 0 Å². The van der Waals surface area contributed by atoms with Gasteiger partial charge in [-0.3, -0.25) is 4.90 Å². The number of ether oxygens (including phenoxy) is 1. The zero-order valence-electron chi connectivity index (χ0n) is 11.3. The van der Waals surface area contributed by atoms with Gasteiger partial charge in [-0.2, -0.15) is 0 Å². The summed E-state index contributed by atoms with van der Waals surface area (Å²) in [5, 5.41) is 3.58. The molecule has 1 saturated heterocycles. The molecule has 1 fully saturated rings. The topological polar surface area (TPSA) is 24.5 Å². The van der Waals surface area contributed by atoms with Gasteiger partial charge in [-0.15, -0.1) is 0 Å². The van der Waals surface area contributed by atoms with Gasteiger partial charge in [0.05, 0.1) is 0 Å². The molecule has 0 aromatic rings. The average Bonchev–Trinajstić information content (AvgIpc) is 2.24. The Morgan fingerprint density at radius 2 is 2.12 bits per heavy atom. The van der Waals surface area contributed by atoms with Crippen molar-refractivity contribution in [2.75, 3.05) is 33.4 Å². The van der Waals surface area contributed by atoms with E-state index in [1.807, 2.05) is 0 Å². The molecule has 0 saturated carbocycles. The lowest BCUT2D eigenvalue weighted by atomic mass is 9.98. The molecule has 1 aliphatic rings. The summed E-state index contributed by atoms with van der Waals surface area (Å²) in [5.41, 5.74) is 0. The lowest BCUT2D eigenvalue weighted by molar-refractivity contribution is 0.0969. The van der Waals surface area contributed by atoms with Crippen LogP contribution in [0, 0.1) is 5.92 Å².